The van der Waals surface area contributed by atoms with Crippen molar-refractivity contribution in [3.8, 4) is 0 Å². The largest absolute Gasteiger partial charge is 0.455 e. The Morgan fingerprint density at radius 2 is 2.19 bits per heavy atom. The fourth-order valence-corrected chi connectivity index (χ4v) is 1.97. The van der Waals surface area contributed by atoms with Gasteiger partial charge in [-0.05, 0) is 30.3 Å². The number of ether oxygens (including phenoxy) is 1. The lowest BCUT2D eigenvalue weighted by Gasteiger charge is -2.04. The number of benzene rings is 1. The van der Waals surface area contributed by atoms with Crippen LogP contribution in [0.3, 0.4) is 0 Å². The highest BCUT2D eigenvalue weighted by Crippen LogP contribution is 2.14. The smallest absolute Gasteiger partial charge is 0.341 e. The molecule has 21 heavy (non-hydrogen) atoms. The summed E-state index contributed by atoms with van der Waals surface area (Å²) in [4.78, 5) is 16.1. The van der Waals surface area contributed by atoms with Gasteiger partial charge in [-0.15, -0.1) is 0 Å². The number of anilines is 1. The Morgan fingerprint density at radius 1 is 1.33 bits per heavy atom. The van der Waals surface area contributed by atoms with E-state index < -0.39 is 11.8 Å². The number of aromatic nitrogens is 2. The highest BCUT2D eigenvalue weighted by molar-refractivity contribution is 5.90. The number of hydrogen-bond acceptors (Lipinski definition) is 4. The quantitative estimate of drug-likeness (QED) is 0.592. The third kappa shape index (κ3) is 2.69. The Balaban J connectivity index is 1.74. The molecule has 0 amide bonds. The van der Waals surface area contributed by atoms with E-state index in [1.165, 1.54) is 12.1 Å². The van der Waals surface area contributed by atoms with E-state index in [0.717, 1.165) is 11.7 Å². The normalized spacial score (nSPS) is 10.7. The van der Waals surface area contributed by atoms with Crippen LogP contribution < -0.4 is 5.73 Å². The van der Waals surface area contributed by atoms with E-state index in [4.69, 9.17) is 10.5 Å². The third-order valence-corrected chi connectivity index (χ3v) is 2.98. The molecule has 106 valence electrons. The predicted molar refractivity (Wildman–Crippen MR) is 75.1 cm³/mol. The van der Waals surface area contributed by atoms with Gasteiger partial charge in [-0.25, -0.2) is 14.2 Å². The van der Waals surface area contributed by atoms with Crippen molar-refractivity contribution in [3.63, 3.8) is 0 Å². The molecule has 0 aliphatic rings. The predicted octanol–water partition coefficient (Wildman–Crippen LogP) is 2.41. The highest BCUT2D eigenvalue weighted by atomic mass is 19.1. The summed E-state index contributed by atoms with van der Waals surface area (Å²) in [6, 6.07) is 9.34. The van der Waals surface area contributed by atoms with Crippen LogP contribution in [0, 0.1) is 5.82 Å². The molecule has 3 rings (SSSR count). The Labute approximate surface area is 119 Å². The summed E-state index contributed by atoms with van der Waals surface area (Å²) in [6.45, 7) is -0.0330. The molecular weight excluding hydrogens is 273 g/mol. The lowest BCUT2D eigenvalue weighted by molar-refractivity contribution is 0.0463. The van der Waals surface area contributed by atoms with E-state index in [2.05, 4.69) is 4.98 Å². The lowest BCUT2D eigenvalue weighted by atomic mass is 10.2. The van der Waals surface area contributed by atoms with E-state index in [-0.39, 0.29) is 12.2 Å². The molecule has 1 aromatic carbocycles. The van der Waals surface area contributed by atoms with Crippen LogP contribution >= 0.6 is 0 Å². The molecule has 0 aliphatic heterocycles. The lowest BCUT2D eigenvalue weighted by Crippen LogP contribution is -2.08. The van der Waals surface area contributed by atoms with Crippen LogP contribution in [0.1, 0.15) is 16.1 Å². The van der Waals surface area contributed by atoms with Gasteiger partial charge in [0.2, 0.25) is 0 Å². The Bertz CT molecular complexity index is 781. The molecule has 2 aromatic heterocycles. The van der Waals surface area contributed by atoms with E-state index >= 15 is 0 Å². The number of pyridine rings is 1. The van der Waals surface area contributed by atoms with Crippen molar-refractivity contribution >= 4 is 17.3 Å². The fraction of sp³-hybridized carbons (Fsp3) is 0.0667. The summed E-state index contributed by atoms with van der Waals surface area (Å²) in [5.74, 6) is -1.43. The minimum absolute atomic E-state index is 0.0330. The van der Waals surface area contributed by atoms with E-state index in [0.29, 0.717) is 11.4 Å². The van der Waals surface area contributed by atoms with Crippen LogP contribution in [0.4, 0.5) is 10.1 Å². The van der Waals surface area contributed by atoms with Gasteiger partial charge in [0.25, 0.3) is 0 Å². The van der Waals surface area contributed by atoms with Crippen LogP contribution in [-0.2, 0) is 11.3 Å². The summed E-state index contributed by atoms with van der Waals surface area (Å²) < 4.78 is 20.4. The average molecular weight is 285 g/mol. The molecule has 5 nitrogen and oxygen atoms in total. The van der Waals surface area contributed by atoms with Gasteiger partial charge < -0.3 is 14.9 Å². The van der Waals surface area contributed by atoms with Gasteiger partial charge >= 0.3 is 5.97 Å². The second kappa shape index (κ2) is 5.24. The number of esters is 1. The van der Waals surface area contributed by atoms with Crippen LogP contribution in [0.5, 0.6) is 0 Å². The molecule has 0 saturated carbocycles. The van der Waals surface area contributed by atoms with E-state index in [1.54, 1.807) is 6.20 Å². The minimum atomic E-state index is -0.767. The molecule has 0 unspecified atom stereocenters. The maximum atomic E-state index is 13.5. The van der Waals surface area contributed by atoms with Crippen LogP contribution in [-0.4, -0.2) is 15.4 Å². The van der Waals surface area contributed by atoms with E-state index in [9.17, 15) is 9.18 Å². The number of hydrogen-bond donors (Lipinski definition) is 1. The van der Waals surface area contributed by atoms with Crippen molar-refractivity contribution in [2.24, 2.45) is 0 Å². The van der Waals surface area contributed by atoms with Crippen molar-refractivity contribution in [1.82, 2.24) is 9.38 Å². The fourth-order valence-electron chi connectivity index (χ4n) is 1.97. The topological polar surface area (TPSA) is 69.6 Å². The summed E-state index contributed by atoms with van der Waals surface area (Å²) in [5, 5.41) is 0. The van der Waals surface area contributed by atoms with Crippen molar-refractivity contribution in [2.75, 3.05) is 5.73 Å². The van der Waals surface area contributed by atoms with Gasteiger partial charge in [-0.1, -0.05) is 6.07 Å². The highest BCUT2D eigenvalue weighted by Gasteiger charge is 2.14. The Morgan fingerprint density at radius 3 is 3.00 bits per heavy atom. The van der Waals surface area contributed by atoms with Crippen molar-refractivity contribution in [2.45, 2.75) is 6.61 Å². The molecule has 0 bridgehead atoms. The molecule has 3 aromatic rings. The summed E-state index contributed by atoms with van der Waals surface area (Å²) in [6.07, 6.45) is 3.59. The molecule has 0 atom stereocenters. The molecule has 0 saturated heterocycles. The molecule has 0 aliphatic carbocycles. The first kappa shape index (κ1) is 13.1. The number of halogens is 1. The van der Waals surface area contributed by atoms with Gasteiger partial charge in [0.05, 0.1) is 11.3 Å². The van der Waals surface area contributed by atoms with Crippen molar-refractivity contribution in [1.29, 1.82) is 0 Å². The summed E-state index contributed by atoms with van der Waals surface area (Å²) >= 11 is 0. The molecule has 6 heteroatoms. The summed E-state index contributed by atoms with van der Waals surface area (Å²) in [7, 11) is 0. The molecular formula is C15H12FN3O2. The number of rotatable bonds is 3. The van der Waals surface area contributed by atoms with Crippen LogP contribution in [0.2, 0.25) is 0 Å². The van der Waals surface area contributed by atoms with Gasteiger partial charge in [0, 0.05) is 18.1 Å². The number of fused-ring (bicyclic) bond motifs is 1. The number of nitrogens with two attached hydrogens (primary N) is 1. The first-order chi connectivity index (χ1) is 10.1. The molecule has 0 fully saturated rings. The van der Waals surface area contributed by atoms with Crippen molar-refractivity contribution in [3.05, 3.63) is 65.9 Å². The van der Waals surface area contributed by atoms with Crippen molar-refractivity contribution < 1.29 is 13.9 Å². The molecule has 0 radical (unpaired) electrons. The van der Waals surface area contributed by atoms with Gasteiger partial charge in [0.1, 0.15) is 18.1 Å². The maximum absolute atomic E-state index is 13.5. The zero-order valence-electron chi connectivity index (χ0n) is 11.0. The monoisotopic (exact) mass is 285 g/mol. The van der Waals surface area contributed by atoms with E-state index in [1.807, 2.05) is 28.8 Å². The first-order valence-corrected chi connectivity index (χ1v) is 6.28. The number of nitrogens with zero attached hydrogens (tertiary/aromatic N) is 2. The second-order valence-electron chi connectivity index (χ2n) is 4.51. The Hall–Kier alpha value is -2.89. The SMILES string of the molecule is Nc1ccc(F)c(C(=O)OCc2cn3ccccc3n2)c1. The van der Waals surface area contributed by atoms with Gasteiger partial charge in [-0.3, -0.25) is 0 Å². The molecule has 0 spiro atoms. The van der Waals surface area contributed by atoms with Gasteiger partial charge in [-0.2, -0.15) is 0 Å². The summed E-state index contributed by atoms with van der Waals surface area (Å²) in [5.41, 5.74) is 6.98. The Kier molecular flexibility index (Phi) is 3.27. The zero-order valence-corrected chi connectivity index (χ0v) is 11.0. The van der Waals surface area contributed by atoms with Gasteiger partial charge in [0.15, 0.2) is 0 Å². The second-order valence-corrected chi connectivity index (χ2v) is 4.51. The van der Waals surface area contributed by atoms with Crippen LogP contribution in [0.15, 0.2) is 48.8 Å². The third-order valence-electron chi connectivity index (χ3n) is 2.98. The number of nitrogen functional groups attached to an aromatic ring is 1. The number of carbonyl (C=O) groups is 1. The average Bonchev–Trinajstić information content (AvgIpc) is 2.90. The minimum Gasteiger partial charge on any atom is -0.455 e. The molecule has 2 N–H and O–H groups in total. The number of imidazole rings is 1. The number of carbonyl (C=O) groups excluding carboxylic acids is 1. The molecule has 2 heterocycles. The first-order valence-electron chi connectivity index (χ1n) is 6.28. The standard InChI is InChI=1S/C15H12FN3O2/c16-13-5-4-10(17)7-12(13)15(20)21-9-11-8-19-6-2-1-3-14(19)18-11/h1-8H,9,17H2. The maximum Gasteiger partial charge on any atom is 0.341 e. The van der Waals surface area contributed by atoms with Crippen LogP contribution in [0.25, 0.3) is 5.65 Å². The zero-order chi connectivity index (χ0) is 14.8.